The van der Waals surface area contributed by atoms with Gasteiger partial charge in [0.25, 0.3) is 5.56 Å². The zero-order chi connectivity index (χ0) is 18.7. The SMILES string of the molecule is CC(C)(C)OC(=O)N[C@H](C(=O)OC(C)(C)C)c1cnc(N)[nH]c1=O. The van der Waals surface area contributed by atoms with Crippen molar-refractivity contribution in [3.63, 3.8) is 0 Å². The number of ether oxygens (including phenoxy) is 2. The molecule has 0 aromatic carbocycles. The Labute approximate surface area is 139 Å². The topological polar surface area (TPSA) is 136 Å². The van der Waals surface area contributed by atoms with Crippen LogP contribution in [0.2, 0.25) is 0 Å². The maximum Gasteiger partial charge on any atom is 0.408 e. The minimum atomic E-state index is -1.38. The van der Waals surface area contributed by atoms with Crippen molar-refractivity contribution in [1.29, 1.82) is 0 Å². The molecule has 0 unspecified atom stereocenters. The second kappa shape index (κ2) is 6.90. The van der Waals surface area contributed by atoms with E-state index in [9.17, 15) is 14.4 Å². The number of aromatic amines is 1. The Hall–Kier alpha value is -2.58. The first-order chi connectivity index (χ1) is 10.8. The van der Waals surface area contributed by atoms with Crippen LogP contribution in [0.1, 0.15) is 53.1 Å². The lowest BCUT2D eigenvalue weighted by molar-refractivity contribution is -0.157. The van der Waals surface area contributed by atoms with Crippen molar-refractivity contribution in [1.82, 2.24) is 15.3 Å². The molecule has 1 rings (SSSR count). The highest BCUT2D eigenvalue weighted by atomic mass is 16.6. The standard InChI is InChI=1S/C15H24N4O5/c1-14(2,3)23-11(21)9(18-13(22)24-15(4,5)6)8-7-17-12(16)19-10(8)20/h7,9H,1-6H3,(H,18,22)(H3,16,17,19,20)/t9-/m0/s1. The minimum Gasteiger partial charge on any atom is -0.458 e. The van der Waals surface area contributed by atoms with Gasteiger partial charge in [0.05, 0.1) is 5.56 Å². The molecule has 0 spiro atoms. The number of nitrogen functional groups attached to an aromatic ring is 1. The highest BCUT2D eigenvalue weighted by molar-refractivity contribution is 5.83. The fourth-order valence-electron chi connectivity index (χ4n) is 1.67. The molecule has 9 heteroatoms. The highest BCUT2D eigenvalue weighted by Gasteiger charge is 2.32. The van der Waals surface area contributed by atoms with E-state index in [1.54, 1.807) is 41.5 Å². The van der Waals surface area contributed by atoms with Crippen molar-refractivity contribution in [3.8, 4) is 0 Å². The molecule has 0 radical (unpaired) electrons. The molecule has 0 aliphatic carbocycles. The number of hydrogen-bond acceptors (Lipinski definition) is 7. The van der Waals surface area contributed by atoms with Gasteiger partial charge in [-0.3, -0.25) is 9.78 Å². The molecule has 1 atom stereocenters. The molecule has 0 saturated heterocycles. The fourth-order valence-corrected chi connectivity index (χ4v) is 1.67. The first kappa shape index (κ1) is 19.5. The van der Waals surface area contributed by atoms with Crippen LogP contribution in [-0.4, -0.2) is 33.2 Å². The number of alkyl carbamates (subject to hydrolysis) is 1. The molecule has 1 heterocycles. The number of carbonyl (C=O) groups excluding carboxylic acids is 2. The van der Waals surface area contributed by atoms with E-state index in [2.05, 4.69) is 15.3 Å². The summed E-state index contributed by atoms with van der Waals surface area (Å²) < 4.78 is 10.4. The lowest BCUT2D eigenvalue weighted by Crippen LogP contribution is -2.42. The van der Waals surface area contributed by atoms with Gasteiger partial charge in [-0.15, -0.1) is 0 Å². The molecule has 0 aliphatic rings. The Balaban J connectivity index is 3.14. The van der Waals surface area contributed by atoms with E-state index < -0.39 is 34.9 Å². The van der Waals surface area contributed by atoms with Crippen molar-refractivity contribution < 1.29 is 19.1 Å². The van der Waals surface area contributed by atoms with E-state index in [0.717, 1.165) is 6.20 Å². The van der Waals surface area contributed by atoms with E-state index in [0.29, 0.717) is 0 Å². The number of anilines is 1. The lowest BCUT2D eigenvalue weighted by atomic mass is 10.1. The third-order valence-electron chi connectivity index (χ3n) is 2.46. The van der Waals surface area contributed by atoms with Crippen LogP contribution < -0.4 is 16.6 Å². The molecule has 0 saturated carbocycles. The van der Waals surface area contributed by atoms with Crippen LogP contribution in [0, 0.1) is 0 Å². The maximum atomic E-state index is 12.4. The molecule has 24 heavy (non-hydrogen) atoms. The van der Waals surface area contributed by atoms with E-state index in [1.807, 2.05) is 0 Å². The van der Waals surface area contributed by atoms with Gasteiger partial charge in [-0.1, -0.05) is 0 Å². The average molecular weight is 340 g/mol. The normalized spacial score (nSPS) is 13.1. The molecular formula is C15H24N4O5. The predicted molar refractivity (Wildman–Crippen MR) is 87.2 cm³/mol. The highest BCUT2D eigenvalue weighted by Crippen LogP contribution is 2.17. The average Bonchev–Trinajstić information content (AvgIpc) is 2.32. The molecule has 134 valence electrons. The van der Waals surface area contributed by atoms with Gasteiger partial charge in [0, 0.05) is 6.20 Å². The number of nitrogens with two attached hydrogens (primary N) is 1. The summed E-state index contributed by atoms with van der Waals surface area (Å²) in [4.78, 5) is 42.4. The molecule has 1 amide bonds. The Kier molecular flexibility index (Phi) is 5.59. The number of H-pyrrole nitrogens is 1. The van der Waals surface area contributed by atoms with Crippen LogP contribution in [-0.2, 0) is 14.3 Å². The molecule has 0 bridgehead atoms. The zero-order valence-corrected chi connectivity index (χ0v) is 14.7. The van der Waals surface area contributed by atoms with Gasteiger partial charge in [0.2, 0.25) is 0 Å². The van der Waals surface area contributed by atoms with Crippen LogP contribution in [0.5, 0.6) is 0 Å². The van der Waals surface area contributed by atoms with Gasteiger partial charge in [-0.25, -0.2) is 14.6 Å². The van der Waals surface area contributed by atoms with Crippen LogP contribution >= 0.6 is 0 Å². The van der Waals surface area contributed by atoms with Crippen molar-refractivity contribution in [2.75, 3.05) is 5.73 Å². The third kappa shape index (κ3) is 6.27. The lowest BCUT2D eigenvalue weighted by Gasteiger charge is -2.26. The minimum absolute atomic E-state index is 0.107. The van der Waals surface area contributed by atoms with Crippen LogP contribution in [0.25, 0.3) is 0 Å². The first-order valence-corrected chi connectivity index (χ1v) is 7.35. The number of aromatic nitrogens is 2. The largest absolute Gasteiger partial charge is 0.458 e. The van der Waals surface area contributed by atoms with E-state index >= 15 is 0 Å². The second-order valence-electron chi connectivity index (χ2n) is 7.17. The van der Waals surface area contributed by atoms with Crippen LogP contribution in [0.4, 0.5) is 10.7 Å². The summed E-state index contributed by atoms with van der Waals surface area (Å²) >= 11 is 0. The second-order valence-corrected chi connectivity index (χ2v) is 7.17. The summed E-state index contributed by atoms with van der Waals surface area (Å²) in [6.07, 6.45) is 0.245. The Morgan fingerprint density at radius 3 is 2.17 bits per heavy atom. The summed E-state index contributed by atoms with van der Waals surface area (Å²) in [5, 5.41) is 2.34. The first-order valence-electron chi connectivity index (χ1n) is 7.35. The summed E-state index contributed by atoms with van der Waals surface area (Å²) in [6.45, 7) is 10.0. The van der Waals surface area contributed by atoms with Crippen molar-refractivity contribution in [2.24, 2.45) is 0 Å². The van der Waals surface area contributed by atoms with Gasteiger partial charge in [-0.05, 0) is 41.5 Å². The van der Waals surface area contributed by atoms with Gasteiger partial charge in [0.1, 0.15) is 11.2 Å². The number of hydrogen-bond donors (Lipinski definition) is 3. The number of nitrogens with one attached hydrogen (secondary N) is 2. The van der Waals surface area contributed by atoms with Crippen LogP contribution in [0.3, 0.4) is 0 Å². The number of rotatable bonds is 3. The molecule has 0 aliphatic heterocycles. The quantitative estimate of drug-likeness (QED) is 0.704. The maximum absolute atomic E-state index is 12.4. The Morgan fingerprint density at radius 1 is 1.17 bits per heavy atom. The summed E-state index contributed by atoms with van der Waals surface area (Å²) in [5.74, 6) is -0.922. The predicted octanol–water partition coefficient (Wildman–Crippen LogP) is 1.26. The summed E-state index contributed by atoms with van der Waals surface area (Å²) in [7, 11) is 0. The van der Waals surface area contributed by atoms with Crippen molar-refractivity contribution >= 4 is 18.0 Å². The fraction of sp³-hybridized carbons (Fsp3) is 0.600. The summed E-state index contributed by atoms with van der Waals surface area (Å²) in [6, 6.07) is -1.38. The van der Waals surface area contributed by atoms with Gasteiger partial charge in [0.15, 0.2) is 12.0 Å². The van der Waals surface area contributed by atoms with Gasteiger partial charge >= 0.3 is 12.1 Å². The van der Waals surface area contributed by atoms with Crippen LogP contribution in [0.15, 0.2) is 11.0 Å². The molecule has 1 aromatic heterocycles. The zero-order valence-electron chi connectivity index (χ0n) is 14.7. The van der Waals surface area contributed by atoms with Crippen molar-refractivity contribution in [3.05, 3.63) is 22.1 Å². The number of carbonyl (C=O) groups is 2. The molecule has 9 nitrogen and oxygen atoms in total. The van der Waals surface area contributed by atoms with E-state index in [4.69, 9.17) is 15.2 Å². The number of amides is 1. The smallest absolute Gasteiger partial charge is 0.408 e. The summed E-state index contributed by atoms with van der Waals surface area (Å²) in [5.41, 5.74) is 3.05. The molecule has 1 aromatic rings. The Morgan fingerprint density at radius 2 is 1.71 bits per heavy atom. The van der Waals surface area contributed by atoms with E-state index in [1.165, 1.54) is 0 Å². The van der Waals surface area contributed by atoms with Gasteiger partial charge < -0.3 is 20.5 Å². The number of esters is 1. The van der Waals surface area contributed by atoms with Crippen molar-refractivity contribution in [2.45, 2.75) is 58.8 Å². The van der Waals surface area contributed by atoms with Gasteiger partial charge in [-0.2, -0.15) is 0 Å². The molecule has 4 N–H and O–H groups in total. The molecule has 0 fully saturated rings. The van der Waals surface area contributed by atoms with E-state index in [-0.39, 0.29) is 11.5 Å². The molecular weight excluding hydrogens is 316 g/mol. The monoisotopic (exact) mass is 340 g/mol. The number of nitrogens with zero attached hydrogens (tertiary/aromatic N) is 1. The Bertz CT molecular complexity index is 670. The third-order valence-corrected chi connectivity index (χ3v) is 2.46.